The minimum absolute atomic E-state index is 0.110. The second kappa shape index (κ2) is 8.48. The van der Waals surface area contributed by atoms with Gasteiger partial charge in [0.2, 0.25) is 5.91 Å². The maximum Gasteiger partial charge on any atom is 0.328 e. The molecule has 0 saturated carbocycles. The topological polar surface area (TPSA) is 68.3 Å². The van der Waals surface area contributed by atoms with Crippen molar-refractivity contribution >= 4 is 11.9 Å². The summed E-state index contributed by atoms with van der Waals surface area (Å²) in [7, 11) is 1.30. The molecule has 0 aliphatic carbocycles. The van der Waals surface area contributed by atoms with Gasteiger partial charge in [-0.05, 0) is 34.9 Å². The molecule has 0 N–H and O–H groups in total. The lowest BCUT2D eigenvalue weighted by atomic mass is 10.0. The first-order valence-corrected chi connectivity index (χ1v) is 10.8. The summed E-state index contributed by atoms with van der Waals surface area (Å²) in [5, 5.41) is 0. The number of ether oxygens (including phenoxy) is 3. The molecule has 0 bridgehead atoms. The number of halogens is 2. The number of benzene rings is 2. The number of carbonyl (C=O) groups excluding carboxylic acids is 2. The van der Waals surface area contributed by atoms with Crippen LogP contribution in [-0.4, -0.2) is 66.9 Å². The van der Waals surface area contributed by atoms with Crippen LogP contribution >= 0.6 is 0 Å². The third-order valence-electron chi connectivity index (χ3n) is 6.49. The Labute approximate surface area is 189 Å². The molecule has 3 aliphatic rings. The summed E-state index contributed by atoms with van der Waals surface area (Å²) in [4.78, 5) is 28.9. The Balaban J connectivity index is 1.29. The number of hydrogen-bond donors (Lipinski definition) is 0. The highest BCUT2D eigenvalue weighted by atomic mass is 19.1. The summed E-state index contributed by atoms with van der Waals surface area (Å²) >= 11 is 0. The second-order valence-corrected chi connectivity index (χ2v) is 8.63. The van der Waals surface area contributed by atoms with Crippen molar-refractivity contribution in [2.75, 3.05) is 33.4 Å². The molecular weight excluding hydrogens is 434 g/mol. The van der Waals surface area contributed by atoms with Crippen LogP contribution in [0.4, 0.5) is 8.78 Å². The largest absolute Gasteiger partial charge is 0.467 e. The number of nitrogens with zero attached hydrogens (tertiary/aromatic N) is 2. The van der Waals surface area contributed by atoms with E-state index in [0.717, 1.165) is 17.2 Å². The van der Waals surface area contributed by atoms with Gasteiger partial charge in [-0.3, -0.25) is 9.69 Å². The van der Waals surface area contributed by atoms with Crippen LogP contribution in [0.15, 0.2) is 36.4 Å². The molecule has 2 fully saturated rings. The van der Waals surface area contributed by atoms with E-state index < -0.39 is 29.4 Å². The van der Waals surface area contributed by atoms with Crippen molar-refractivity contribution in [3.8, 4) is 11.1 Å². The van der Waals surface area contributed by atoms with E-state index in [4.69, 9.17) is 14.2 Å². The first-order valence-electron chi connectivity index (χ1n) is 10.8. The van der Waals surface area contributed by atoms with Crippen molar-refractivity contribution in [1.29, 1.82) is 0 Å². The van der Waals surface area contributed by atoms with Crippen molar-refractivity contribution in [1.82, 2.24) is 9.80 Å². The molecule has 1 spiro atoms. The minimum Gasteiger partial charge on any atom is -0.467 e. The van der Waals surface area contributed by atoms with Crippen LogP contribution in [0.3, 0.4) is 0 Å². The number of hydrogen-bond acceptors (Lipinski definition) is 6. The number of rotatable bonds is 4. The first kappa shape index (κ1) is 21.9. The van der Waals surface area contributed by atoms with Gasteiger partial charge in [-0.1, -0.05) is 12.1 Å². The van der Waals surface area contributed by atoms with Gasteiger partial charge in [-0.2, -0.15) is 0 Å². The normalized spacial score (nSPS) is 21.5. The molecule has 3 heterocycles. The van der Waals surface area contributed by atoms with Crippen LogP contribution in [0.5, 0.6) is 0 Å². The molecule has 0 radical (unpaired) electrons. The van der Waals surface area contributed by atoms with Gasteiger partial charge >= 0.3 is 5.97 Å². The van der Waals surface area contributed by atoms with Crippen LogP contribution in [0.25, 0.3) is 11.1 Å². The number of fused-ring (bicyclic) bond motifs is 1. The number of likely N-dealkylation sites (tertiary alicyclic amines) is 1. The molecule has 0 aromatic heterocycles. The maximum absolute atomic E-state index is 14.2. The lowest BCUT2D eigenvalue weighted by Gasteiger charge is -2.25. The molecule has 2 aromatic carbocycles. The minimum atomic E-state index is -0.948. The highest BCUT2D eigenvalue weighted by Gasteiger charge is 2.53. The van der Waals surface area contributed by atoms with Gasteiger partial charge in [0.05, 0.1) is 33.4 Å². The smallest absolute Gasteiger partial charge is 0.328 e. The van der Waals surface area contributed by atoms with Crippen LogP contribution in [0.2, 0.25) is 0 Å². The van der Waals surface area contributed by atoms with Crippen LogP contribution in [0.1, 0.15) is 17.5 Å². The van der Waals surface area contributed by atoms with E-state index >= 15 is 0 Å². The summed E-state index contributed by atoms with van der Waals surface area (Å²) in [6, 6.07) is 8.34. The van der Waals surface area contributed by atoms with E-state index in [1.807, 2.05) is 17.0 Å². The van der Waals surface area contributed by atoms with Crippen LogP contribution in [0, 0.1) is 11.6 Å². The summed E-state index contributed by atoms with van der Waals surface area (Å²) in [5.41, 5.74) is 3.00. The molecule has 5 rings (SSSR count). The standard InChI is InChI=1S/C24H24F2N2O5/c1-31-23(30)21-10-24(32-6-7-33-24)14-28(21)22(29)13-27-11-16-3-2-15(8-17(16)12-27)19-5-4-18(25)9-20(19)26/h2-5,8-9,21H,6-7,10-14H2,1H3/t21-/m0/s1. The van der Waals surface area contributed by atoms with Gasteiger partial charge in [0.1, 0.15) is 17.7 Å². The second-order valence-electron chi connectivity index (χ2n) is 8.63. The maximum atomic E-state index is 14.2. The van der Waals surface area contributed by atoms with Gasteiger partial charge in [0, 0.05) is 31.1 Å². The van der Waals surface area contributed by atoms with E-state index in [0.29, 0.717) is 37.4 Å². The fraction of sp³-hybridized carbons (Fsp3) is 0.417. The summed E-state index contributed by atoms with van der Waals surface area (Å²) in [5.74, 6) is -2.89. The van der Waals surface area contributed by atoms with Crippen molar-refractivity contribution in [3.63, 3.8) is 0 Å². The van der Waals surface area contributed by atoms with Crippen LogP contribution < -0.4 is 0 Å². The van der Waals surface area contributed by atoms with E-state index in [-0.39, 0.29) is 25.4 Å². The molecule has 2 saturated heterocycles. The molecule has 3 aliphatic heterocycles. The van der Waals surface area contributed by atoms with Gasteiger partial charge < -0.3 is 19.1 Å². The van der Waals surface area contributed by atoms with Gasteiger partial charge in [-0.25, -0.2) is 13.6 Å². The Hall–Kier alpha value is -2.88. The monoisotopic (exact) mass is 458 g/mol. The average molecular weight is 458 g/mol. The van der Waals surface area contributed by atoms with Crippen molar-refractivity contribution in [2.45, 2.75) is 31.3 Å². The fourth-order valence-corrected chi connectivity index (χ4v) is 4.90. The van der Waals surface area contributed by atoms with E-state index in [2.05, 4.69) is 0 Å². The Morgan fingerprint density at radius 3 is 2.58 bits per heavy atom. The van der Waals surface area contributed by atoms with Crippen molar-refractivity contribution < 1.29 is 32.6 Å². The van der Waals surface area contributed by atoms with Gasteiger partial charge in [0.15, 0.2) is 5.79 Å². The Morgan fingerprint density at radius 2 is 1.85 bits per heavy atom. The molecular formula is C24H24F2N2O5. The SMILES string of the molecule is COC(=O)[C@@H]1CC2(CN1C(=O)CN1Cc3ccc(-c4ccc(F)cc4F)cc3C1)OCCO2. The molecule has 7 nitrogen and oxygen atoms in total. The number of esters is 1. The summed E-state index contributed by atoms with van der Waals surface area (Å²) in [6.07, 6.45) is 0.248. The van der Waals surface area contributed by atoms with E-state index in [9.17, 15) is 18.4 Å². The zero-order chi connectivity index (χ0) is 23.2. The number of amides is 1. The zero-order valence-corrected chi connectivity index (χ0v) is 18.2. The lowest BCUT2D eigenvalue weighted by Crippen LogP contribution is -2.45. The third kappa shape index (κ3) is 4.12. The van der Waals surface area contributed by atoms with Gasteiger partial charge in [-0.15, -0.1) is 0 Å². The summed E-state index contributed by atoms with van der Waals surface area (Å²) in [6.45, 7) is 2.20. The van der Waals surface area contributed by atoms with E-state index in [1.54, 1.807) is 6.07 Å². The molecule has 0 unspecified atom stereocenters. The predicted molar refractivity (Wildman–Crippen MR) is 113 cm³/mol. The molecule has 2 aromatic rings. The molecule has 33 heavy (non-hydrogen) atoms. The number of methoxy groups -OCH3 is 1. The Morgan fingerprint density at radius 1 is 1.09 bits per heavy atom. The number of carbonyl (C=O) groups is 2. The first-order chi connectivity index (χ1) is 15.9. The lowest BCUT2D eigenvalue weighted by molar-refractivity contribution is -0.153. The van der Waals surface area contributed by atoms with Crippen molar-refractivity contribution in [2.24, 2.45) is 0 Å². The summed E-state index contributed by atoms with van der Waals surface area (Å²) < 4.78 is 43.8. The zero-order valence-electron chi connectivity index (χ0n) is 18.2. The quantitative estimate of drug-likeness (QED) is 0.656. The van der Waals surface area contributed by atoms with Crippen molar-refractivity contribution in [3.05, 3.63) is 59.2 Å². The third-order valence-corrected chi connectivity index (χ3v) is 6.49. The fourth-order valence-electron chi connectivity index (χ4n) is 4.90. The van der Waals surface area contributed by atoms with E-state index in [1.165, 1.54) is 24.1 Å². The molecule has 9 heteroatoms. The highest BCUT2D eigenvalue weighted by molar-refractivity contribution is 5.86. The van der Waals surface area contributed by atoms with Crippen LogP contribution in [-0.2, 0) is 36.9 Å². The Kier molecular flexibility index (Phi) is 5.64. The average Bonchev–Trinajstić information content (AvgIpc) is 3.51. The molecule has 1 atom stereocenters. The highest BCUT2D eigenvalue weighted by Crippen LogP contribution is 2.36. The Bertz CT molecular complexity index is 1100. The molecule has 174 valence electrons. The molecule has 1 amide bonds. The predicted octanol–water partition coefficient (Wildman–Crippen LogP) is 2.46. The van der Waals surface area contributed by atoms with Gasteiger partial charge in [0.25, 0.3) is 0 Å².